The molecule has 0 aliphatic carbocycles. The van der Waals surface area contributed by atoms with Crippen LogP contribution in [0.2, 0.25) is 0 Å². The minimum absolute atomic E-state index is 0.284. The fourth-order valence-corrected chi connectivity index (χ4v) is 0.932. The SMILES string of the molecule is C/C(=C\CC(C)C)C(=O)O.C=C(C)C(=O)OCCCC. The second kappa shape index (κ2) is 12.5. The van der Waals surface area contributed by atoms with Crippen molar-refractivity contribution in [1.82, 2.24) is 0 Å². The van der Waals surface area contributed by atoms with Crippen LogP contribution < -0.4 is 0 Å². The Labute approximate surface area is 122 Å². The maximum Gasteiger partial charge on any atom is 0.333 e. The average molecular weight is 284 g/mol. The number of carbonyl (C=O) groups is 2. The quantitative estimate of drug-likeness (QED) is 0.436. The molecule has 0 amide bonds. The number of carbonyl (C=O) groups excluding carboxylic acids is 1. The zero-order valence-corrected chi connectivity index (χ0v) is 13.4. The smallest absolute Gasteiger partial charge is 0.333 e. The Hall–Kier alpha value is -1.58. The first-order chi connectivity index (χ1) is 9.22. The van der Waals surface area contributed by atoms with Gasteiger partial charge in [0, 0.05) is 11.1 Å². The van der Waals surface area contributed by atoms with Gasteiger partial charge in [-0.25, -0.2) is 9.59 Å². The maximum absolute atomic E-state index is 10.7. The Bertz CT molecular complexity index is 340. The van der Waals surface area contributed by atoms with E-state index in [2.05, 4.69) is 27.4 Å². The van der Waals surface area contributed by atoms with E-state index in [1.54, 1.807) is 19.9 Å². The molecule has 0 spiro atoms. The van der Waals surface area contributed by atoms with Crippen molar-refractivity contribution in [2.45, 2.75) is 53.9 Å². The third kappa shape index (κ3) is 14.5. The molecule has 0 atom stereocenters. The Morgan fingerprint density at radius 1 is 1.30 bits per heavy atom. The lowest BCUT2D eigenvalue weighted by Gasteiger charge is -2.01. The van der Waals surface area contributed by atoms with Gasteiger partial charge in [-0.3, -0.25) is 0 Å². The van der Waals surface area contributed by atoms with Gasteiger partial charge in [0.2, 0.25) is 0 Å². The number of ether oxygens (including phenoxy) is 1. The van der Waals surface area contributed by atoms with Gasteiger partial charge >= 0.3 is 11.9 Å². The number of carboxylic acid groups (broad SMARTS) is 1. The van der Waals surface area contributed by atoms with E-state index in [-0.39, 0.29) is 5.97 Å². The van der Waals surface area contributed by atoms with Crippen LogP contribution >= 0.6 is 0 Å². The zero-order valence-electron chi connectivity index (χ0n) is 13.4. The normalized spacial score (nSPS) is 10.6. The van der Waals surface area contributed by atoms with Crippen molar-refractivity contribution in [1.29, 1.82) is 0 Å². The Morgan fingerprint density at radius 2 is 1.85 bits per heavy atom. The number of rotatable bonds is 7. The molecular formula is C16H28O4. The van der Waals surface area contributed by atoms with Crippen molar-refractivity contribution in [2.24, 2.45) is 5.92 Å². The van der Waals surface area contributed by atoms with Crippen LogP contribution in [-0.2, 0) is 14.3 Å². The van der Waals surface area contributed by atoms with Crippen LogP contribution in [-0.4, -0.2) is 23.7 Å². The molecule has 0 radical (unpaired) electrons. The Kier molecular flexibility index (Phi) is 12.9. The molecule has 0 aromatic heterocycles. The van der Waals surface area contributed by atoms with Crippen LogP contribution in [0.4, 0.5) is 0 Å². The maximum atomic E-state index is 10.7. The van der Waals surface area contributed by atoms with Gasteiger partial charge in [0.1, 0.15) is 0 Å². The Morgan fingerprint density at radius 3 is 2.20 bits per heavy atom. The first-order valence-corrected chi connectivity index (χ1v) is 6.95. The lowest BCUT2D eigenvalue weighted by atomic mass is 10.1. The molecule has 4 heteroatoms. The second-order valence-corrected chi connectivity index (χ2v) is 5.09. The van der Waals surface area contributed by atoms with E-state index < -0.39 is 5.97 Å². The van der Waals surface area contributed by atoms with Crippen LogP contribution in [0, 0.1) is 5.92 Å². The first-order valence-electron chi connectivity index (χ1n) is 6.95. The van der Waals surface area contributed by atoms with E-state index in [9.17, 15) is 9.59 Å². The third-order valence-electron chi connectivity index (χ3n) is 2.31. The summed E-state index contributed by atoms with van der Waals surface area (Å²) >= 11 is 0. The molecule has 0 saturated heterocycles. The van der Waals surface area contributed by atoms with Gasteiger partial charge < -0.3 is 9.84 Å². The number of unbranched alkanes of at least 4 members (excludes halogenated alkanes) is 1. The molecule has 116 valence electrons. The lowest BCUT2D eigenvalue weighted by Crippen LogP contribution is -2.05. The molecule has 0 fully saturated rings. The first kappa shape index (κ1) is 20.7. The number of carboxylic acids is 1. The minimum atomic E-state index is -0.819. The van der Waals surface area contributed by atoms with E-state index in [4.69, 9.17) is 9.84 Å². The molecule has 0 unspecified atom stereocenters. The molecule has 0 bridgehead atoms. The summed E-state index contributed by atoms with van der Waals surface area (Å²) < 4.78 is 4.81. The molecule has 1 N–H and O–H groups in total. The van der Waals surface area contributed by atoms with Crippen LogP contribution in [0.3, 0.4) is 0 Å². The highest BCUT2D eigenvalue weighted by atomic mass is 16.5. The van der Waals surface area contributed by atoms with Gasteiger partial charge in [0.25, 0.3) is 0 Å². The molecule has 20 heavy (non-hydrogen) atoms. The van der Waals surface area contributed by atoms with Crippen molar-refractivity contribution in [3.05, 3.63) is 23.8 Å². The zero-order chi connectivity index (χ0) is 16.1. The number of aliphatic carboxylic acids is 1. The predicted molar refractivity (Wildman–Crippen MR) is 81.5 cm³/mol. The number of hydrogen-bond acceptors (Lipinski definition) is 3. The van der Waals surface area contributed by atoms with Crippen LogP contribution in [0.15, 0.2) is 23.8 Å². The summed E-state index contributed by atoms with van der Waals surface area (Å²) in [6.07, 6.45) is 4.58. The van der Waals surface area contributed by atoms with Crippen LogP contribution in [0.5, 0.6) is 0 Å². The summed E-state index contributed by atoms with van der Waals surface area (Å²) in [4.78, 5) is 20.9. The van der Waals surface area contributed by atoms with Crippen molar-refractivity contribution in [3.63, 3.8) is 0 Å². The fraction of sp³-hybridized carbons (Fsp3) is 0.625. The van der Waals surface area contributed by atoms with E-state index >= 15 is 0 Å². The average Bonchev–Trinajstić information content (AvgIpc) is 2.36. The third-order valence-corrected chi connectivity index (χ3v) is 2.31. The largest absolute Gasteiger partial charge is 0.478 e. The van der Waals surface area contributed by atoms with Crippen LogP contribution in [0.1, 0.15) is 53.9 Å². The van der Waals surface area contributed by atoms with Gasteiger partial charge in [-0.1, -0.05) is 39.8 Å². The molecule has 4 nitrogen and oxygen atoms in total. The molecule has 0 aliphatic rings. The van der Waals surface area contributed by atoms with Crippen molar-refractivity contribution >= 4 is 11.9 Å². The van der Waals surface area contributed by atoms with Gasteiger partial charge in [-0.05, 0) is 32.6 Å². The summed E-state index contributed by atoms with van der Waals surface area (Å²) in [5.41, 5.74) is 0.907. The molecular weight excluding hydrogens is 256 g/mol. The number of esters is 1. The number of hydrogen-bond donors (Lipinski definition) is 1. The molecule has 0 saturated carbocycles. The van der Waals surface area contributed by atoms with Crippen molar-refractivity contribution < 1.29 is 19.4 Å². The standard InChI is InChI=1S/2C8H14O2/c1-6(2)4-5-7(3)8(9)10;1-4-5-6-10-8(9)7(2)3/h5-6H,4H2,1-3H3,(H,9,10);2,4-6H2,1,3H3/b7-5+;. The monoisotopic (exact) mass is 284 g/mol. The molecule has 0 aromatic rings. The summed E-state index contributed by atoms with van der Waals surface area (Å²) in [5, 5.41) is 8.43. The fourth-order valence-electron chi connectivity index (χ4n) is 0.932. The van der Waals surface area contributed by atoms with Crippen LogP contribution in [0.25, 0.3) is 0 Å². The van der Waals surface area contributed by atoms with E-state index in [1.165, 1.54) is 0 Å². The lowest BCUT2D eigenvalue weighted by molar-refractivity contribution is -0.139. The predicted octanol–water partition coefficient (Wildman–Crippen LogP) is 3.97. The topological polar surface area (TPSA) is 63.6 Å². The molecule has 0 heterocycles. The van der Waals surface area contributed by atoms with E-state index in [0.717, 1.165) is 19.3 Å². The van der Waals surface area contributed by atoms with Gasteiger partial charge in [0.05, 0.1) is 6.61 Å². The second-order valence-electron chi connectivity index (χ2n) is 5.09. The van der Waals surface area contributed by atoms with Gasteiger partial charge in [0.15, 0.2) is 0 Å². The van der Waals surface area contributed by atoms with Gasteiger partial charge in [-0.15, -0.1) is 0 Å². The summed E-state index contributed by atoms with van der Waals surface area (Å²) in [6.45, 7) is 13.4. The van der Waals surface area contributed by atoms with Crippen molar-refractivity contribution in [3.8, 4) is 0 Å². The van der Waals surface area contributed by atoms with E-state index in [1.807, 2.05) is 0 Å². The summed E-state index contributed by atoms with van der Waals surface area (Å²) in [5.74, 6) is -0.566. The summed E-state index contributed by atoms with van der Waals surface area (Å²) in [6, 6.07) is 0. The highest BCUT2D eigenvalue weighted by Crippen LogP contribution is 2.03. The molecule has 0 rings (SSSR count). The Balaban J connectivity index is 0. The highest BCUT2D eigenvalue weighted by molar-refractivity contribution is 5.86. The van der Waals surface area contributed by atoms with E-state index in [0.29, 0.717) is 23.7 Å². The number of allylic oxidation sites excluding steroid dienone is 1. The molecule has 0 aliphatic heterocycles. The molecule has 0 aromatic carbocycles. The van der Waals surface area contributed by atoms with Crippen molar-refractivity contribution in [2.75, 3.05) is 6.61 Å². The highest BCUT2D eigenvalue weighted by Gasteiger charge is 2.00. The minimum Gasteiger partial charge on any atom is -0.478 e. The summed E-state index contributed by atoms with van der Waals surface area (Å²) in [7, 11) is 0. The van der Waals surface area contributed by atoms with Gasteiger partial charge in [-0.2, -0.15) is 0 Å².